The third-order valence-corrected chi connectivity index (χ3v) is 4.40. The fraction of sp³-hybridized carbons (Fsp3) is 0.190. The van der Waals surface area contributed by atoms with E-state index in [0.29, 0.717) is 6.61 Å². The summed E-state index contributed by atoms with van der Waals surface area (Å²) in [5.41, 5.74) is 4.47. The number of fused-ring (bicyclic) bond motifs is 4. The largest absolute Gasteiger partial charge is 0.488 e. The molecule has 0 radical (unpaired) electrons. The lowest BCUT2D eigenvalue weighted by Gasteiger charge is -2.17. The second-order valence-corrected chi connectivity index (χ2v) is 6.33. The maximum absolute atomic E-state index is 6.24. The molecule has 4 rings (SSSR count). The lowest BCUT2D eigenvalue weighted by Crippen LogP contribution is -2.04. The first-order valence-corrected chi connectivity index (χ1v) is 8.19. The van der Waals surface area contributed by atoms with Crippen LogP contribution >= 0.6 is 0 Å². The standard InChI is InChI=1S/C21H20N2O/c1-14(2)12-13-24-20-16-9-5-7-11-18(16)23(3)21-19(20)15-8-4-6-10-17(15)22-21/h4-12H,13H2,1-3H3. The van der Waals surface area contributed by atoms with Gasteiger partial charge >= 0.3 is 0 Å². The van der Waals surface area contributed by atoms with Gasteiger partial charge in [0.05, 0.1) is 16.6 Å². The molecule has 3 heteroatoms. The fourth-order valence-electron chi connectivity index (χ4n) is 3.19. The second kappa shape index (κ2) is 5.68. The van der Waals surface area contributed by atoms with Gasteiger partial charge in [0.2, 0.25) is 0 Å². The van der Waals surface area contributed by atoms with Gasteiger partial charge in [-0.25, -0.2) is 4.98 Å². The molecule has 0 N–H and O–H groups in total. The molecule has 0 bridgehead atoms. The van der Waals surface area contributed by atoms with Crippen molar-refractivity contribution in [1.29, 1.82) is 0 Å². The zero-order valence-electron chi connectivity index (χ0n) is 14.2. The molecule has 0 saturated heterocycles. The first kappa shape index (κ1) is 14.8. The molecule has 0 aliphatic carbocycles. The summed E-state index contributed by atoms with van der Waals surface area (Å²) in [5.74, 6) is 1.88. The molecule has 2 heterocycles. The van der Waals surface area contributed by atoms with Gasteiger partial charge in [-0.1, -0.05) is 35.9 Å². The van der Waals surface area contributed by atoms with Gasteiger partial charge in [0, 0.05) is 17.8 Å². The number of aryl methyl sites for hydroxylation is 1. The third kappa shape index (κ3) is 2.24. The fourth-order valence-corrected chi connectivity index (χ4v) is 3.19. The van der Waals surface area contributed by atoms with Crippen LogP contribution in [-0.4, -0.2) is 16.2 Å². The van der Waals surface area contributed by atoms with Crippen LogP contribution in [0.2, 0.25) is 0 Å². The van der Waals surface area contributed by atoms with Crippen LogP contribution in [-0.2, 0) is 7.05 Å². The zero-order valence-corrected chi connectivity index (χ0v) is 14.2. The van der Waals surface area contributed by atoms with Gasteiger partial charge in [-0.15, -0.1) is 0 Å². The van der Waals surface area contributed by atoms with Gasteiger partial charge in [0.25, 0.3) is 0 Å². The monoisotopic (exact) mass is 316 g/mol. The molecule has 0 saturated carbocycles. The minimum Gasteiger partial charge on any atom is -0.488 e. The van der Waals surface area contributed by atoms with Crippen molar-refractivity contribution in [1.82, 2.24) is 9.55 Å². The van der Waals surface area contributed by atoms with Crippen LogP contribution < -0.4 is 4.74 Å². The predicted molar refractivity (Wildman–Crippen MR) is 99.8 cm³/mol. The van der Waals surface area contributed by atoms with Crippen molar-refractivity contribution in [3.05, 3.63) is 60.2 Å². The average molecular weight is 316 g/mol. The molecule has 0 fully saturated rings. The Labute approximate surface area is 141 Å². The van der Waals surface area contributed by atoms with Gasteiger partial charge in [0.1, 0.15) is 18.2 Å². The van der Waals surface area contributed by atoms with Crippen molar-refractivity contribution in [2.75, 3.05) is 6.61 Å². The number of hydrogen-bond acceptors (Lipinski definition) is 2. The predicted octanol–water partition coefficient (Wildman–Crippen LogP) is 5.18. The molecule has 3 nitrogen and oxygen atoms in total. The van der Waals surface area contributed by atoms with Crippen molar-refractivity contribution < 1.29 is 4.74 Å². The molecule has 120 valence electrons. The molecule has 0 unspecified atom stereocenters. The maximum atomic E-state index is 6.24. The summed E-state index contributed by atoms with van der Waals surface area (Å²) in [4.78, 5) is 4.84. The summed E-state index contributed by atoms with van der Waals surface area (Å²) in [6.45, 7) is 4.73. The normalized spacial score (nSPS) is 11.3. The number of pyridine rings is 1. The number of para-hydroxylation sites is 2. The van der Waals surface area contributed by atoms with E-state index in [2.05, 4.69) is 74.0 Å². The van der Waals surface area contributed by atoms with Crippen molar-refractivity contribution in [2.45, 2.75) is 13.8 Å². The Balaban J connectivity index is 2.08. The minimum absolute atomic E-state index is 0.564. The Morgan fingerprint density at radius 2 is 1.75 bits per heavy atom. The number of benzene rings is 2. The molecule has 0 amide bonds. The lowest BCUT2D eigenvalue weighted by atomic mass is 10.1. The van der Waals surface area contributed by atoms with Gasteiger partial charge in [-0.05, 0) is 38.1 Å². The lowest BCUT2D eigenvalue weighted by molar-refractivity contribution is 0.367. The molecular formula is C21H20N2O. The van der Waals surface area contributed by atoms with Crippen LogP contribution in [0.4, 0.5) is 0 Å². The molecule has 2 aromatic rings. The summed E-state index contributed by atoms with van der Waals surface area (Å²) < 4.78 is 8.39. The van der Waals surface area contributed by atoms with Crippen LogP contribution in [0.15, 0.2) is 60.2 Å². The van der Waals surface area contributed by atoms with Crippen LogP contribution in [0, 0.1) is 0 Å². The van der Waals surface area contributed by atoms with Crippen molar-refractivity contribution in [3.8, 4) is 17.1 Å². The Kier molecular flexibility index (Phi) is 3.49. The maximum Gasteiger partial charge on any atom is 0.145 e. The molecular weight excluding hydrogens is 296 g/mol. The quantitative estimate of drug-likeness (QED) is 0.487. The Morgan fingerprint density at radius 1 is 1.04 bits per heavy atom. The minimum atomic E-state index is 0.564. The van der Waals surface area contributed by atoms with Gasteiger partial charge in [-0.2, -0.15) is 0 Å². The highest BCUT2D eigenvalue weighted by Gasteiger charge is 2.22. The highest BCUT2D eigenvalue weighted by molar-refractivity contribution is 6.06. The number of nitrogens with zero attached hydrogens (tertiary/aromatic N) is 2. The Bertz CT molecular complexity index is 1040. The Morgan fingerprint density at radius 3 is 2.54 bits per heavy atom. The van der Waals surface area contributed by atoms with E-state index < -0.39 is 0 Å². The average Bonchev–Trinajstić information content (AvgIpc) is 2.97. The Hall–Kier alpha value is -2.81. The van der Waals surface area contributed by atoms with Gasteiger partial charge in [-0.3, -0.25) is 0 Å². The number of hydrogen-bond donors (Lipinski definition) is 0. The SMILES string of the molecule is CC(C)=CCOc1c2c3ccccc3nc-2n(C)c2ccccc12. The van der Waals surface area contributed by atoms with E-state index in [0.717, 1.165) is 38.9 Å². The summed E-state index contributed by atoms with van der Waals surface area (Å²) in [6, 6.07) is 16.6. The topological polar surface area (TPSA) is 27.1 Å². The molecule has 2 aliphatic rings. The van der Waals surface area contributed by atoms with Crippen molar-refractivity contribution in [2.24, 2.45) is 7.05 Å². The van der Waals surface area contributed by atoms with Crippen LogP contribution in [0.1, 0.15) is 13.8 Å². The van der Waals surface area contributed by atoms with E-state index in [-0.39, 0.29) is 0 Å². The summed E-state index contributed by atoms with van der Waals surface area (Å²) in [5, 5.41) is 2.26. The second-order valence-electron chi connectivity index (χ2n) is 6.33. The summed E-state index contributed by atoms with van der Waals surface area (Å²) in [7, 11) is 2.07. The first-order chi connectivity index (χ1) is 11.7. The van der Waals surface area contributed by atoms with E-state index in [1.165, 1.54) is 5.57 Å². The van der Waals surface area contributed by atoms with E-state index in [1.54, 1.807) is 0 Å². The molecule has 2 aromatic carbocycles. The van der Waals surface area contributed by atoms with Crippen LogP contribution in [0.5, 0.6) is 5.75 Å². The third-order valence-electron chi connectivity index (χ3n) is 4.40. The number of rotatable bonds is 3. The zero-order chi connectivity index (χ0) is 16.7. The van der Waals surface area contributed by atoms with Gasteiger partial charge < -0.3 is 9.30 Å². The molecule has 0 spiro atoms. The molecule has 2 aliphatic heterocycles. The first-order valence-electron chi connectivity index (χ1n) is 8.19. The number of allylic oxidation sites excluding steroid dienone is 1. The van der Waals surface area contributed by atoms with Crippen LogP contribution in [0.3, 0.4) is 0 Å². The van der Waals surface area contributed by atoms with Crippen LogP contribution in [0.25, 0.3) is 33.2 Å². The van der Waals surface area contributed by atoms with Crippen molar-refractivity contribution in [3.63, 3.8) is 0 Å². The van der Waals surface area contributed by atoms with E-state index in [9.17, 15) is 0 Å². The number of ether oxygens (including phenoxy) is 1. The highest BCUT2D eigenvalue weighted by Crippen LogP contribution is 2.43. The number of aromatic nitrogens is 2. The van der Waals surface area contributed by atoms with E-state index in [4.69, 9.17) is 9.72 Å². The van der Waals surface area contributed by atoms with Crippen molar-refractivity contribution >= 4 is 21.8 Å². The van der Waals surface area contributed by atoms with E-state index >= 15 is 0 Å². The molecule has 0 aromatic heterocycles. The highest BCUT2D eigenvalue weighted by atomic mass is 16.5. The summed E-state index contributed by atoms with van der Waals surface area (Å²) >= 11 is 0. The van der Waals surface area contributed by atoms with Gasteiger partial charge in [0.15, 0.2) is 0 Å². The molecule has 0 atom stereocenters. The summed E-state index contributed by atoms with van der Waals surface area (Å²) in [6.07, 6.45) is 2.10. The van der Waals surface area contributed by atoms with E-state index in [1.807, 2.05) is 6.07 Å². The smallest absolute Gasteiger partial charge is 0.145 e. The molecule has 24 heavy (non-hydrogen) atoms.